The highest BCUT2D eigenvalue weighted by atomic mass is 15.0. The molecular formula is C63H42N4. The number of rotatable bonds is 4. The summed E-state index contributed by atoms with van der Waals surface area (Å²) in [6, 6.07) is 81.0. The van der Waals surface area contributed by atoms with E-state index in [-0.39, 0.29) is 5.41 Å². The van der Waals surface area contributed by atoms with Gasteiger partial charge < -0.3 is 18.3 Å². The van der Waals surface area contributed by atoms with Gasteiger partial charge in [0.05, 0.1) is 44.1 Å². The molecule has 0 spiro atoms. The lowest BCUT2D eigenvalue weighted by Crippen LogP contribution is -2.15. The van der Waals surface area contributed by atoms with Crippen LogP contribution in [0.3, 0.4) is 0 Å². The minimum absolute atomic E-state index is 0.240. The number of aromatic nitrogens is 4. The van der Waals surface area contributed by atoms with E-state index in [0.717, 1.165) is 22.7 Å². The van der Waals surface area contributed by atoms with Crippen molar-refractivity contribution in [2.45, 2.75) is 19.3 Å². The summed E-state index contributed by atoms with van der Waals surface area (Å²) in [4.78, 5) is 0. The van der Waals surface area contributed by atoms with Crippen LogP contribution < -0.4 is 0 Å². The molecule has 0 saturated carbocycles. The van der Waals surface area contributed by atoms with Crippen LogP contribution in [0.4, 0.5) is 0 Å². The van der Waals surface area contributed by atoms with Crippen LogP contribution in [0.5, 0.6) is 0 Å². The number of nitrogens with zero attached hydrogens (tertiary/aromatic N) is 4. The van der Waals surface area contributed by atoms with Gasteiger partial charge in [0, 0.05) is 71.3 Å². The van der Waals surface area contributed by atoms with Crippen LogP contribution in [-0.4, -0.2) is 18.3 Å². The van der Waals surface area contributed by atoms with Crippen LogP contribution in [0.2, 0.25) is 0 Å². The Hall–Kier alpha value is -8.60. The molecule has 14 aromatic rings. The number of fused-ring (bicyclic) bond motifs is 15. The van der Waals surface area contributed by atoms with E-state index in [4.69, 9.17) is 0 Å². The quantitative estimate of drug-likeness (QED) is 0.168. The first kappa shape index (κ1) is 36.7. The van der Waals surface area contributed by atoms with Crippen molar-refractivity contribution in [3.8, 4) is 33.9 Å². The first-order valence-electron chi connectivity index (χ1n) is 23.3. The van der Waals surface area contributed by atoms with Gasteiger partial charge in [-0.3, -0.25) is 0 Å². The molecule has 0 radical (unpaired) electrons. The fourth-order valence-electron chi connectivity index (χ4n) is 12.1. The molecular weight excluding hydrogens is 813 g/mol. The highest BCUT2D eigenvalue weighted by Gasteiger charge is 2.37. The monoisotopic (exact) mass is 854 g/mol. The Morgan fingerprint density at radius 1 is 0.239 bits per heavy atom. The molecule has 314 valence electrons. The number of hydrogen-bond acceptors (Lipinski definition) is 0. The topological polar surface area (TPSA) is 19.7 Å². The Morgan fingerprint density at radius 2 is 0.463 bits per heavy atom. The fourth-order valence-corrected chi connectivity index (χ4v) is 12.1. The fraction of sp³-hybridized carbons (Fsp3) is 0.0476. The predicted octanol–water partition coefficient (Wildman–Crippen LogP) is 16.4. The zero-order valence-electron chi connectivity index (χ0n) is 37.1. The maximum atomic E-state index is 2.50. The second-order valence-corrected chi connectivity index (χ2v) is 18.9. The Kier molecular flexibility index (Phi) is 7.26. The Bertz CT molecular complexity index is 4010. The van der Waals surface area contributed by atoms with Gasteiger partial charge in [-0.1, -0.05) is 123 Å². The molecule has 4 heteroatoms. The molecule has 0 fully saturated rings. The minimum Gasteiger partial charge on any atom is -0.309 e. The standard InChI is InChI=1S/C63H42N4/c1-63(2)53-37-61-51(47-19-7-13-25-59(47)66(61)41-31-27-39(28-32-41)64-55-21-9-3-15-43(55)44-16-4-10-22-56(44)64)35-49(53)50-36-52-48-20-8-14-26-60(48)67(62(52)38-54(50)63)42-33-29-40(30-34-42)65-57-23-11-5-17-45(57)46-18-6-12-24-58(46)65/h3-38H,1-2H3. The van der Waals surface area contributed by atoms with Gasteiger partial charge in [-0.05, 0) is 131 Å². The summed E-state index contributed by atoms with van der Waals surface area (Å²) in [7, 11) is 0. The van der Waals surface area contributed by atoms with Gasteiger partial charge in [0.25, 0.3) is 0 Å². The van der Waals surface area contributed by atoms with E-state index >= 15 is 0 Å². The molecule has 0 amide bonds. The Labute approximate surface area is 386 Å². The van der Waals surface area contributed by atoms with Crippen molar-refractivity contribution in [3.05, 3.63) is 230 Å². The van der Waals surface area contributed by atoms with Gasteiger partial charge in [0.2, 0.25) is 0 Å². The molecule has 4 nitrogen and oxygen atoms in total. The molecule has 1 aliphatic rings. The molecule has 4 aromatic heterocycles. The zero-order chi connectivity index (χ0) is 44.1. The van der Waals surface area contributed by atoms with Crippen molar-refractivity contribution in [2.24, 2.45) is 0 Å². The van der Waals surface area contributed by atoms with E-state index in [1.807, 2.05) is 0 Å². The molecule has 0 aliphatic heterocycles. The van der Waals surface area contributed by atoms with Gasteiger partial charge >= 0.3 is 0 Å². The molecule has 0 bridgehead atoms. The van der Waals surface area contributed by atoms with Gasteiger partial charge in [-0.15, -0.1) is 0 Å². The molecule has 0 saturated heterocycles. The molecule has 4 heterocycles. The second kappa shape index (κ2) is 13.2. The minimum atomic E-state index is -0.240. The molecule has 0 N–H and O–H groups in total. The third-order valence-electron chi connectivity index (χ3n) is 15.2. The largest absolute Gasteiger partial charge is 0.309 e. The van der Waals surface area contributed by atoms with E-state index in [1.54, 1.807) is 0 Å². The molecule has 15 rings (SSSR count). The van der Waals surface area contributed by atoms with Crippen LogP contribution in [0.15, 0.2) is 218 Å². The first-order chi connectivity index (χ1) is 33.0. The van der Waals surface area contributed by atoms with Gasteiger partial charge in [0.1, 0.15) is 0 Å². The Balaban J connectivity index is 0.881. The highest BCUT2D eigenvalue weighted by molar-refractivity contribution is 6.15. The average molecular weight is 855 g/mol. The summed E-state index contributed by atoms with van der Waals surface area (Å²) in [6.45, 7) is 4.83. The summed E-state index contributed by atoms with van der Waals surface area (Å²) in [5, 5.41) is 10.2. The molecule has 0 unspecified atom stereocenters. The van der Waals surface area contributed by atoms with Crippen molar-refractivity contribution >= 4 is 87.2 Å². The van der Waals surface area contributed by atoms with E-state index in [0.29, 0.717) is 0 Å². The van der Waals surface area contributed by atoms with Gasteiger partial charge in [0.15, 0.2) is 0 Å². The lowest BCUT2D eigenvalue weighted by atomic mass is 9.82. The van der Waals surface area contributed by atoms with Crippen LogP contribution in [0.1, 0.15) is 25.0 Å². The second-order valence-electron chi connectivity index (χ2n) is 18.9. The first-order valence-corrected chi connectivity index (χ1v) is 23.3. The average Bonchev–Trinajstić information content (AvgIpc) is 4.14. The van der Waals surface area contributed by atoms with E-state index in [1.165, 1.54) is 109 Å². The van der Waals surface area contributed by atoms with Crippen molar-refractivity contribution in [3.63, 3.8) is 0 Å². The zero-order valence-corrected chi connectivity index (χ0v) is 37.1. The number of para-hydroxylation sites is 6. The lowest BCUT2D eigenvalue weighted by molar-refractivity contribution is 0.661. The summed E-state index contributed by atoms with van der Waals surface area (Å²) < 4.78 is 9.74. The van der Waals surface area contributed by atoms with Crippen LogP contribution in [-0.2, 0) is 5.41 Å². The van der Waals surface area contributed by atoms with Crippen LogP contribution >= 0.6 is 0 Å². The molecule has 1 aliphatic carbocycles. The lowest BCUT2D eigenvalue weighted by Gasteiger charge is -2.22. The van der Waals surface area contributed by atoms with E-state index in [2.05, 4.69) is 251 Å². The number of benzene rings is 10. The highest BCUT2D eigenvalue weighted by Crippen LogP contribution is 2.53. The van der Waals surface area contributed by atoms with Crippen molar-refractivity contribution < 1.29 is 0 Å². The van der Waals surface area contributed by atoms with Gasteiger partial charge in [-0.25, -0.2) is 0 Å². The summed E-state index contributed by atoms with van der Waals surface area (Å²) in [6.07, 6.45) is 0. The van der Waals surface area contributed by atoms with Crippen molar-refractivity contribution in [2.75, 3.05) is 0 Å². The number of hydrogen-bond donors (Lipinski definition) is 0. The normalized spacial score (nSPS) is 13.3. The van der Waals surface area contributed by atoms with E-state index in [9.17, 15) is 0 Å². The smallest absolute Gasteiger partial charge is 0.0544 e. The van der Waals surface area contributed by atoms with E-state index < -0.39 is 0 Å². The third-order valence-corrected chi connectivity index (χ3v) is 15.2. The van der Waals surface area contributed by atoms with Crippen molar-refractivity contribution in [1.29, 1.82) is 0 Å². The predicted molar refractivity (Wildman–Crippen MR) is 281 cm³/mol. The summed E-state index contributed by atoms with van der Waals surface area (Å²) in [5.41, 5.74) is 19.5. The maximum absolute atomic E-state index is 2.50. The molecule has 67 heavy (non-hydrogen) atoms. The molecule has 0 atom stereocenters. The summed E-state index contributed by atoms with van der Waals surface area (Å²) >= 11 is 0. The molecule has 10 aromatic carbocycles. The van der Waals surface area contributed by atoms with Crippen molar-refractivity contribution in [1.82, 2.24) is 18.3 Å². The summed E-state index contributed by atoms with van der Waals surface area (Å²) in [5.74, 6) is 0. The maximum Gasteiger partial charge on any atom is 0.0544 e. The SMILES string of the molecule is CC1(C)c2cc3c(cc2-c2cc4c5ccccc5n(-c5ccc(-n6c7ccccc7c7ccccc76)cc5)c4cc21)c1ccccc1n3-c1ccc(-n2c3ccccc3c3ccccc32)cc1. The third kappa shape index (κ3) is 4.91. The Morgan fingerprint density at radius 3 is 0.731 bits per heavy atom. The van der Waals surface area contributed by atoms with Gasteiger partial charge in [-0.2, -0.15) is 0 Å². The van der Waals surface area contributed by atoms with Crippen LogP contribution in [0, 0.1) is 0 Å². The van der Waals surface area contributed by atoms with Crippen LogP contribution in [0.25, 0.3) is 121 Å².